The van der Waals surface area contributed by atoms with Crippen molar-refractivity contribution in [1.82, 2.24) is 10.3 Å². The fraction of sp³-hybridized carbons (Fsp3) is 0.786. The zero-order chi connectivity index (χ0) is 14.8. The fourth-order valence-electron chi connectivity index (χ4n) is 2.90. The Morgan fingerprint density at radius 1 is 1.35 bits per heavy atom. The third-order valence-corrected chi connectivity index (χ3v) is 5.15. The molecule has 1 aromatic rings. The Morgan fingerprint density at radius 3 is 2.50 bits per heavy atom. The van der Waals surface area contributed by atoms with Gasteiger partial charge < -0.3 is 5.32 Å². The first-order valence-corrected chi connectivity index (χ1v) is 7.99. The van der Waals surface area contributed by atoms with Gasteiger partial charge in [0.1, 0.15) is 0 Å². The van der Waals surface area contributed by atoms with Crippen molar-refractivity contribution in [2.45, 2.75) is 51.7 Å². The Labute approximate surface area is 121 Å². The third-order valence-electron chi connectivity index (χ3n) is 4.03. The summed E-state index contributed by atoms with van der Waals surface area (Å²) in [6.07, 6.45) is 1.56. The molecule has 6 heteroatoms. The van der Waals surface area contributed by atoms with Gasteiger partial charge >= 0.3 is 6.18 Å². The van der Waals surface area contributed by atoms with Gasteiger partial charge in [-0.1, -0.05) is 26.7 Å². The van der Waals surface area contributed by atoms with Gasteiger partial charge in [-0.05, 0) is 31.2 Å². The summed E-state index contributed by atoms with van der Waals surface area (Å²) in [5, 5.41) is 2.61. The average Bonchev–Trinajstić information content (AvgIpc) is 2.86. The van der Waals surface area contributed by atoms with E-state index in [2.05, 4.69) is 17.2 Å². The Bertz CT molecular complexity index is 422. The molecule has 0 bridgehead atoms. The molecule has 114 valence electrons. The van der Waals surface area contributed by atoms with E-state index in [4.69, 9.17) is 0 Å². The SMILES string of the molecule is CCNC(c1cnc(C(F)(F)F)s1)C1CCC(C)CC1. The van der Waals surface area contributed by atoms with Crippen LogP contribution in [-0.2, 0) is 6.18 Å². The number of nitrogens with one attached hydrogen (secondary N) is 1. The number of halogens is 3. The molecule has 1 atom stereocenters. The molecular formula is C14H21F3N2S. The average molecular weight is 306 g/mol. The first kappa shape index (κ1) is 15.8. The molecule has 1 unspecified atom stereocenters. The molecule has 1 saturated carbocycles. The van der Waals surface area contributed by atoms with Crippen LogP contribution in [0.1, 0.15) is 55.5 Å². The van der Waals surface area contributed by atoms with Crippen molar-refractivity contribution in [3.05, 3.63) is 16.1 Å². The molecule has 0 saturated heterocycles. The largest absolute Gasteiger partial charge is 0.443 e. The molecule has 0 radical (unpaired) electrons. The van der Waals surface area contributed by atoms with Crippen molar-refractivity contribution in [1.29, 1.82) is 0 Å². The Hall–Kier alpha value is -0.620. The van der Waals surface area contributed by atoms with E-state index >= 15 is 0 Å². The van der Waals surface area contributed by atoms with E-state index in [0.717, 1.165) is 54.4 Å². The van der Waals surface area contributed by atoms with Gasteiger partial charge in [-0.2, -0.15) is 13.2 Å². The minimum atomic E-state index is -4.33. The van der Waals surface area contributed by atoms with Crippen LogP contribution >= 0.6 is 11.3 Å². The second-order valence-electron chi connectivity index (χ2n) is 5.62. The maximum Gasteiger partial charge on any atom is 0.443 e. The molecule has 1 N–H and O–H groups in total. The zero-order valence-electron chi connectivity index (χ0n) is 11.8. The molecule has 1 aromatic heterocycles. The Morgan fingerprint density at radius 2 is 2.00 bits per heavy atom. The highest BCUT2D eigenvalue weighted by atomic mass is 32.1. The summed E-state index contributed by atoms with van der Waals surface area (Å²) in [7, 11) is 0. The topological polar surface area (TPSA) is 24.9 Å². The molecule has 0 spiro atoms. The first-order valence-electron chi connectivity index (χ1n) is 7.18. The molecule has 2 nitrogen and oxygen atoms in total. The van der Waals surface area contributed by atoms with E-state index in [0.29, 0.717) is 5.92 Å². The van der Waals surface area contributed by atoms with Crippen LogP contribution in [0.4, 0.5) is 13.2 Å². The Balaban J connectivity index is 2.14. The highest BCUT2D eigenvalue weighted by molar-refractivity contribution is 7.11. The van der Waals surface area contributed by atoms with Gasteiger partial charge in [0.2, 0.25) is 0 Å². The van der Waals surface area contributed by atoms with Crippen molar-refractivity contribution in [2.24, 2.45) is 11.8 Å². The van der Waals surface area contributed by atoms with Crippen LogP contribution in [0.25, 0.3) is 0 Å². The lowest BCUT2D eigenvalue weighted by atomic mass is 9.79. The molecular weight excluding hydrogens is 285 g/mol. The van der Waals surface area contributed by atoms with Gasteiger partial charge in [-0.3, -0.25) is 0 Å². The van der Waals surface area contributed by atoms with Crippen molar-refractivity contribution < 1.29 is 13.2 Å². The molecule has 20 heavy (non-hydrogen) atoms. The standard InChI is InChI=1S/C14H21F3N2S/c1-3-18-12(10-6-4-9(2)5-7-10)11-8-19-13(20-11)14(15,16)17/h8-10,12,18H,3-7H2,1-2H3. The summed E-state index contributed by atoms with van der Waals surface area (Å²) in [5.74, 6) is 1.16. The maximum absolute atomic E-state index is 12.7. The van der Waals surface area contributed by atoms with Gasteiger partial charge in [-0.15, -0.1) is 11.3 Å². The summed E-state index contributed by atoms with van der Waals surface area (Å²) >= 11 is 0.784. The summed E-state index contributed by atoms with van der Waals surface area (Å²) in [4.78, 5) is 4.27. The molecule has 1 heterocycles. The van der Waals surface area contributed by atoms with Crippen LogP contribution in [-0.4, -0.2) is 11.5 Å². The van der Waals surface area contributed by atoms with Gasteiger partial charge in [-0.25, -0.2) is 4.98 Å². The van der Waals surface area contributed by atoms with Crippen molar-refractivity contribution in [3.63, 3.8) is 0 Å². The Kier molecular flexibility index (Phi) is 5.07. The number of thiazole rings is 1. The minimum Gasteiger partial charge on any atom is -0.309 e. The zero-order valence-corrected chi connectivity index (χ0v) is 12.7. The first-order chi connectivity index (χ1) is 9.41. The van der Waals surface area contributed by atoms with Crippen molar-refractivity contribution in [2.75, 3.05) is 6.54 Å². The lowest BCUT2D eigenvalue weighted by Gasteiger charge is -2.32. The van der Waals surface area contributed by atoms with E-state index in [1.165, 1.54) is 6.20 Å². The van der Waals surface area contributed by atoms with Gasteiger partial charge in [0, 0.05) is 17.1 Å². The summed E-state index contributed by atoms with van der Waals surface area (Å²) in [6.45, 7) is 4.99. The maximum atomic E-state index is 12.7. The molecule has 0 aromatic carbocycles. The van der Waals surface area contributed by atoms with Crippen LogP contribution in [0.3, 0.4) is 0 Å². The van der Waals surface area contributed by atoms with Gasteiger partial charge in [0.15, 0.2) is 5.01 Å². The van der Waals surface area contributed by atoms with Crippen LogP contribution in [0.2, 0.25) is 0 Å². The fourth-order valence-corrected chi connectivity index (χ4v) is 3.85. The highest BCUT2D eigenvalue weighted by Gasteiger charge is 2.36. The monoisotopic (exact) mass is 306 g/mol. The van der Waals surface area contributed by atoms with E-state index in [9.17, 15) is 13.2 Å². The number of aromatic nitrogens is 1. The predicted octanol–water partition coefficient (Wildman–Crippen LogP) is 4.64. The summed E-state index contributed by atoms with van der Waals surface area (Å²) in [6, 6.07) is 0.0149. The second kappa shape index (κ2) is 6.43. The molecule has 0 aliphatic heterocycles. The molecule has 2 rings (SSSR count). The quantitative estimate of drug-likeness (QED) is 0.876. The lowest BCUT2D eigenvalue weighted by molar-refractivity contribution is -0.137. The molecule has 0 amide bonds. The van der Waals surface area contributed by atoms with E-state index in [1.54, 1.807) is 0 Å². The molecule has 1 aliphatic carbocycles. The lowest BCUT2D eigenvalue weighted by Crippen LogP contribution is -2.30. The number of hydrogen-bond acceptors (Lipinski definition) is 3. The van der Waals surface area contributed by atoms with Gasteiger partial charge in [0.25, 0.3) is 0 Å². The number of rotatable bonds is 4. The van der Waals surface area contributed by atoms with E-state index in [1.807, 2.05) is 6.92 Å². The van der Waals surface area contributed by atoms with E-state index in [-0.39, 0.29) is 6.04 Å². The summed E-state index contributed by atoms with van der Waals surface area (Å²) < 4.78 is 38.0. The van der Waals surface area contributed by atoms with Crippen LogP contribution < -0.4 is 5.32 Å². The van der Waals surface area contributed by atoms with Crippen molar-refractivity contribution >= 4 is 11.3 Å². The predicted molar refractivity (Wildman–Crippen MR) is 74.7 cm³/mol. The van der Waals surface area contributed by atoms with Crippen LogP contribution in [0.15, 0.2) is 6.20 Å². The second-order valence-corrected chi connectivity index (χ2v) is 6.68. The van der Waals surface area contributed by atoms with Gasteiger partial charge in [0.05, 0.1) is 0 Å². The highest BCUT2D eigenvalue weighted by Crippen LogP contribution is 2.40. The van der Waals surface area contributed by atoms with Crippen LogP contribution in [0.5, 0.6) is 0 Å². The summed E-state index contributed by atoms with van der Waals surface area (Å²) in [5.41, 5.74) is 0. The number of alkyl halides is 3. The number of hydrogen-bond donors (Lipinski definition) is 1. The molecule has 1 aliphatic rings. The van der Waals surface area contributed by atoms with Crippen LogP contribution in [0, 0.1) is 11.8 Å². The molecule has 1 fully saturated rings. The third kappa shape index (κ3) is 3.73. The normalized spacial score (nSPS) is 25.6. The smallest absolute Gasteiger partial charge is 0.309 e. The minimum absolute atomic E-state index is 0.0149. The van der Waals surface area contributed by atoms with Crippen molar-refractivity contribution in [3.8, 4) is 0 Å². The number of nitrogens with zero attached hydrogens (tertiary/aromatic N) is 1. The van der Waals surface area contributed by atoms with E-state index < -0.39 is 11.2 Å².